The van der Waals surface area contributed by atoms with Gasteiger partial charge in [0.1, 0.15) is 0 Å². The van der Waals surface area contributed by atoms with Crippen LogP contribution in [0.4, 0.5) is 0 Å². The molecule has 21 aromatic carbocycles. The Morgan fingerprint density at radius 1 is 0.121 bits per heavy atom. The van der Waals surface area contributed by atoms with E-state index in [1.807, 2.05) is 0 Å². The SMILES string of the molecule is Cc1ccc(-c2ccc3c(-c4ccc(-c5ccc6c(c5)c5ccccc5n6-c5ccccc5)cc4)c4cc(-c5ccc(C)cc5)ccc4c(-c4ccc(-c5ccccc5)cc4)c3c2)cc1.Cc1ccc(-c2ccc3c(-c4ccc(-c5ccc6c(c5)c5ccccc5n6-c5ccccc5)cc4)c4cc(-c5ccc(C)cc5)ccc4c(-c4ccccc4)c3c2)cc1. The van der Waals surface area contributed by atoms with Gasteiger partial charge in [-0.3, -0.25) is 0 Å². The number of rotatable bonds is 13. The van der Waals surface area contributed by atoms with Gasteiger partial charge in [0.05, 0.1) is 22.1 Å². The van der Waals surface area contributed by atoms with Gasteiger partial charge in [0.25, 0.3) is 0 Å². The fraction of sp³-hybridized carbons (Fsp3) is 0.0328. The number of para-hydroxylation sites is 4. The summed E-state index contributed by atoms with van der Waals surface area (Å²) in [6, 6.07) is 166. The summed E-state index contributed by atoms with van der Waals surface area (Å²) >= 11 is 0. The first kappa shape index (κ1) is 74.5. The highest BCUT2D eigenvalue weighted by atomic mass is 15.0. The van der Waals surface area contributed by atoms with Crippen molar-refractivity contribution in [1.29, 1.82) is 0 Å². The van der Waals surface area contributed by atoms with E-state index in [1.54, 1.807) is 0 Å². The molecule has 0 spiro atoms. The van der Waals surface area contributed by atoms with Crippen LogP contribution in [0.3, 0.4) is 0 Å². The number of nitrogens with zero attached hydrogens (tertiary/aromatic N) is 2. The van der Waals surface area contributed by atoms with Crippen molar-refractivity contribution in [2.45, 2.75) is 27.7 Å². The molecule has 0 radical (unpaired) electrons. The lowest BCUT2D eigenvalue weighted by Gasteiger charge is -2.20. The zero-order valence-electron chi connectivity index (χ0n) is 69.6. The van der Waals surface area contributed by atoms with Gasteiger partial charge >= 0.3 is 0 Å². The summed E-state index contributed by atoms with van der Waals surface area (Å²) in [5.74, 6) is 0. The summed E-state index contributed by atoms with van der Waals surface area (Å²) in [6.45, 7) is 8.60. The smallest absolute Gasteiger partial charge is 0.0541 e. The first-order valence-corrected chi connectivity index (χ1v) is 43.1. The van der Waals surface area contributed by atoms with E-state index in [0.717, 1.165) is 0 Å². The number of aromatic nitrogens is 2. The average molecular weight is 1580 g/mol. The first-order chi connectivity index (χ1) is 61.1. The van der Waals surface area contributed by atoms with Gasteiger partial charge in [-0.15, -0.1) is 0 Å². The van der Waals surface area contributed by atoms with Crippen LogP contribution >= 0.6 is 0 Å². The van der Waals surface area contributed by atoms with Gasteiger partial charge < -0.3 is 9.13 Å². The summed E-state index contributed by atoms with van der Waals surface area (Å²) in [7, 11) is 0. The van der Waals surface area contributed by atoms with Crippen molar-refractivity contribution < 1.29 is 0 Å². The zero-order valence-corrected chi connectivity index (χ0v) is 69.6. The molecule has 0 saturated heterocycles. The van der Waals surface area contributed by atoms with Crippen LogP contribution in [0.5, 0.6) is 0 Å². The van der Waals surface area contributed by atoms with Gasteiger partial charge in [-0.05, 0) is 278 Å². The Balaban J connectivity index is 0.000000148. The molecule has 0 atom stereocenters. The Morgan fingerprint density at radius 3 is 0.597 bits per heavy atom. The molecular formula is C122H86N2. The van der Waals surface area contributed by atoms with Crippen LogP contribution < -0.4 is 0 Å². The molecule has 0 aliphatic rings. The van der Waals surface area contributed by atoms with Crippen LogP contribution in [0.15, 0.2) is 449 Å². The van der Waals surface area contributed by atoms with Crippen molar-refractivity contribution in [3.05, 3.63) is 471 Å². The van der Waals surface area contributed by atoms with Gasteiger partial charge in [-0.2, -0.15) is 0 Å². The van der Waals surface area contributed by atoms with E-state index in [4.69, 9.17) is 0 Å². The first-order valence-electron chi connectivity index (χ1n) is 43.1. The minimum absolute atomic E-state index is 1.17. The molecule has 2 nitrogen and oxygen atoms in total. The number of fused-ring (bicyclic) bond motifs is 10. The minimum Gasteiger partial charge on any atom is -0.309 e. The number of hydrogen-bond acceptors (Lipinski definition) is 0. The van der Waals surface area contributed by atoms with Crippen LogP contribution in [0.25, 0.3) is 220 Å². The number of hydrogen-bond donors (Lipinski definition) is 0. The highest BCUT2D eigenvalue weighted by Crippen LogP contribution is 2.50. The zero-order chi connectivity index (χ0) is 82.9. The highest BCUT2D eigenvalue weighted by Gasteiger charge is 2.24. The molecule has 2 heteroatoms. The molecule has 0 bridgehead atoms. The monoisotopic (exact) mass is 1580 g/mol. The largest absolute Gasteiger partial charge is 0.309 e. The van der Waals surface area contributed by atoms with Gasteiger partial charge in [0.2, 0.25) is 0 Å². The fourth-order valence-corrected chi connectivity index (χ4v) is 19.1. The van der Waals surface area contributed by atoms with Gasteiger partial charge in [0, 0.05) is 32.9 Å². The molecule has 23 rings (SSSR count). The van der Waals surface area contributed by atoms with Crippen molar-refractivity contribution in [1.82, 2.24) is 9.13 Å². The van der Waals surface area contributed by atoms with E-state index in [0.29, 0.717) is 0 Å². The Morgan fingerprint density at radius 2 is 0.306 bits per heavy atom. The second-order valence-corrected chi connectivity index (χ2v) is 33.3. The Bertz CT molecular complexity index is 8000. The maximum Gasteiger partial charge on any atom is 0.0541 e. The maximum absolute atomic E-state index is 2.43. The predicted molar refractivity (Wildman–Crippen MR) is 530 cm³/mol. The Labute approximate surface area is 723 Å². The van der Waals surface area contributed by atoms with Crippen molar-refractivity contribution in [3.63, 3.8) is 0 Å². The van der Waals surface area contributed by atoms with E-state index < -0.39 is 0 Å². The molecular weight excluding hydrogens is 1490 g/mol. The lowest BCUT2D eigenvalue weighted by molar-refractivity contribution is 1.18. The molecule has 584 valence electrons. The third-order valence-corrected chi connectivity index (χ3v) is 25.5. The van der Waals surface area contributed by atoms with Crippen LogP contribution in [-0.2, 0) is 0 Å². The van der Waals surface area contributed by atoms with Crippen molar-refractivity contribution >= 4 is 86.7 Å². The van der Waals surface area contributed by atoms with Crippen molar-refractivity contribution in [2.24, 2.45) is 0 Å². The van der Waals surface area contributed by atoms with Crippen molar-refractivity contribution in [3.8, 4) is 134 Å². The van der Waals surface area contributed by atoms with E-state index in [9.17, 15) is 0 Å². The molecule has 23 aromatic rings. The fourth-order valence-electron chi connectivity index (χ4n) is 19.1. The second-order valence-electron chi connectivity index (χ2n) is 33.3. The van der Waals surface area contributed by atoms with Gasteiger partial charge in [-0.25, -0.2) is 0 Å². The summed E-state index contributed by atoms with van der Waals surface area (Å²) in [5, 5.41) is 15.0. The molecule has 0 aliphatic carbocycles. The molecule has 0 aliphatic heterocycles. The maximum atomic E-state index is 2.43. The minimum atomic E-state index is 1.17. The average Bonchev–Trinajstić information content (AvgIpc) is 1.13. The third-order valence-electron chi connectivity index (χ3n) is 25.5. The molecule has 2 aromatic heterocycles. The molecule has 0 unspecified atom stereocenters. The van der Waals surface area contributed by atoms with Gasteiger partial charge in [-0.1, -0.05) is 386 Å². The normalized spacial score (nSPS) is 11.5. The Hall–Kier alpha value is -15.7. The quantitative estimate of drug-likeness (QED) is 0.102. The van der Waals surface area contributed by atoms with E-state index in [2.05, 4.69) is 486 Å². The van der Waals surface area contributed by atoms with Crippen LogP contribution in [0, 0.1) is 27.7 Å². The van der Waals surface area contributed by atoms with Gasteiger partial charge in [0.15, 0.2) is 0 Å². The van der Waals surface area contributed by atoms with Crippen LogP contribution in [-0.4, -0.2) is 9.13 Å². The highest BCUT2D eigenvalue weighted by molar-refractivity contribution is 6.25. The van der Waals surface area contributed by atoms with Crippen LogP contribution in [0.2, 0.25) is 0 Å². The number of aryl methyl sites for hydroxylation is 4. The molecule has 0 saturated carbocycles. The lowest BCUT2D eigenvalue weighted by atomic mass is 9.83. The van der Waals surface area contributed by atoms with E-state index in [1.165, 1.54) is 243 Å². The predicted octanol–water partition coefficient (Wildman–Crippen LogP) is 33.8. The lowest BCUT2D eigenvalue weighted by Crippen LogP contribution is -1.93. The third kappa shape index (κ3) is 13.6. The number of benzene rings is 21. The Kier molecular flexibility index (Phi) is 18.9. The summed E-state index contributed by atoms with van der Waals surface area (Å²) in [5.41, 5.74) is 39.0. The van der Waals surface area contributed by atoms with E-state index in [-0.39, 0.29) is 0 Å². The summed E-state index contributed by atoms with van der Waals surface area (Å²) in [6.07, 6.45) is 0. The van der Waals surface area contributed by atoms with Crippen LogP contribution in [0.1, 0.15) is 22.3 Å². The molecule has 0 N–H and O–H groups in total. The summed E-state index contributed by atoms with van der Waals surface area (Å²) in [4.78, 5) is 0. The molecule has 0 amide bonds. The summed E-state index contributed by atoms with van der Waals surface area (Å²) < 4.78 is 4.76. The van der Waals surface area contributed by atoms with Crippen molar-refractivity contribution in [2.75, 3.05) is 0 Å². The molecule has 2 heterocycles. The van der Waals surface area contributed by atoms with E-state index >= 15 is 0 Å². The second kappa shape index (κ2) is 31.4. The molecule has 124 heavy (non-hydrogen) atoms. The topological polar surface area (TPSA) is 9.86 Å². The molecule has 0 fully saturated rings. The standard InChI is InChI=1S/C64H45N.C58H41N/c1-42-17-21-46(22-18-42)51-34-37-57-59(40-51)63(49-29-25-45(26-30-49)44-11-5-3-6-12-44)56-36-33-52(47-23-19-43(2)20-24-47)41-60(56)64(57)50-31-27-48(28-32-50)53-35-38-62-58(39-53)55-15-9-10-16-61(55)65(62)54-13-7-4-8-14-54;1-38-17-21-40(22-18-38)45-30-33-51-53(36-45)57(43-11-5-3-6-12-43)50-32-29-46(41-23-19-39(2)20-24-41)37-54(50)58(51)44-27-25-42(26-28-44)47-31-34-56-52(35-47)49-15-9-10-16-55(49)59(56)48-13-7-4-8-14-48/h3-41H,1-2H3;3-37H,1-2H3.